The molecule has 0 fully saturated rings. The molecule has 1 N–H and O–H groups in total. The first kappa shape index (κ1) is 20.8. The zero-order valence-corrected chi connectivity index (χ0v) is 16.6. The van der Waals surface area contributed by atoms with Gasteiger partial charge in [-0.2, -0.15) is 5.10 Å². The molecule has 0 radical (unpaired) electrons. The maximum atomic E-state index is 12.1. The second-order valence-corrected chi connectivity index (χ2v) is 6.44. The zero-order valence-electron chi connectivity index (χ0n) is 16.6. The summed E-state index contributed by atoms with van der Waals surface area (Å²) in [6.07, 6.45) is 1.51. The van der Waals surface area contributed by atoms with Gasteiger partial charge >= 0.3 is 5.69 Å². The molecule has 0 saturated heterocycles. The zero-order chi connectivity index (χ0) is 21.5. The highest BCUT2D eigenvalue weighted by atomic mass is 16.6. The molecular weight excluding hydrogens is 386 g/mol. The number of ether oxygens (including phenoxy) is 2. The number of fused-ring (bicyclic) bond motifs is 1. The molecule has 30 heavy (non-hydrogen) atoms. The van der Waals surface area contributed by atoms with Gasteiger partial charge in [0.25, 0.3) is 5.91 Å². The van der Waals surface area contributed by atoms with E-state index in [1.54, 1.807) is 13.0 Å². The number of carbonyl (C=O) groups is 1. The molecule has 0 spiro atoms. The Hall–Kier alpha value is -3.94. The van der Waals surface area contributed by atoms with Crippen molar-refractivity contribution >= 4 is 28.6 Å². The van der Waals surface area contributed by atoms with Crippen LogP contribution in [0.5, 0.6) is 11.5 Å². The van der Waals surface area contributed by atoms with Gasteiger partial charge in [0.05, 0.1) is 17.7 Å². The van der Waals surface area contributed by atoms with Crippen LogP contribution in [-0.2, 0) is 4.79 Å². The summed E-state index contributed by atoms with van der Waals surface area (Å²) >= 11 is 0. The van der Waals surface area contributed by atoms with E-state index in [1.165, 1.54) is 18.3 Å². The molecule has 0 aromatic heterocycles. The third-order valence-electron chi connectivity index (χ3n) is 4.28. The summed E-state index contributed by atoms with van der Waals surface area (Å²) < 4.78 is 11.0. The number of amides is 1. The molecule has 8 heteroatoms. The van der Waals surface area contributed by atoms with Gasteiger partial charge in [0, 0.05) is 11.6 Å². The van der Waals surface area contributed by atoms with Gasteiger partial charge < -0.3 is 9.47 Å². The van der Waals surface area contributed by atoms with Crippen molar-refractivity contribution in [2.24, 2.45) is 5.10 Å². The average Bonchev–Trinajstić information content (AvgIpc) is 2.74. The fraction of sp³-hybridized carbons (Fsp3) is 0.182. The largest absolute Gasteiger partial charge is 0.493 e. The van der Waals surface area contributed by atoms with E-state index in [0.29, 0.717) is 12.4 Å². The van der Waals surface area contributed by atoms with E-state index in [1.807, 2.05) is 43.3 Å². The summed E-state index contributed by atoms with van der Waals surface area (Å²) in [7, 11) is 0. The summed E-state index contributed by atoms with van der Waals surface area (Å²) in [4.78, 5) is 22.7. The molecule has 8 nitrogen and oxygen atoms in total. The first-order valence-corrected chi connectivity index (χ1v) is 9.34. The lowest BCUT2D eigenvalue weighted by Gasteiger charge is -2.10. The van der Waals surface area contributed by atoms with Gasteiger partial charge in [-0.3, -0.25) is 14.9 Å². The summed E-state index contributed by atoms with van der Waals surface area (Å²) in [5, 5.41) is 17.1. The molecular formula is C22H21N3O5. The molecule has 0 aliphatic carbocycles. The van der Waals surface area contributed by atoms with Crippen LogP contribution < -0.4 is 14.9 Å². The van der Waals surface area contributed by atoms with E-state index in [0.717, 1.165) is 21.9 Å². The number of nitro benzene ring substituents is 1. The minimum atomic E-state index is -0.547. The highest BCUT2D eigenvalue weighted by molar-refractivity contribution is 6.02. The smallest absolute Gasteiger partial charge is 0.311 e. The fourth-order valence-corrected chi connectivity index (χ4v) is 2.93. The minimum Gasteiger partial charge on any atom is -0.493 e. The van der Waals surface area contributed by atoms with Crippen molar-refractivity contribution in [1.82, 2.24) is 5.43 Å². The predicted octanol–water partition coefficient (Wildman–Crippen LogP) is 3.98. The van der Waals surface area contributed by atoms with Gasteiger partial charge in [0.2, 0.25) is 0 Å². The average molecular weight is 407 g/mol. The van der Waals surface area contributed by atoms with Crippen molar-refractivity contribution in [3.8, 4) is 11.5 Å². The van der Waals surface area contributed by atoms with Crippen LogP contribution in [0.4, 0.5) is 5.69 Å². The Morgan fingerprint density at radius 3 is 2.67 bits per heavy atom. The van der Waals surface area contributed by atoms with E-state index in [4.69, 9.17) is 9.47 Å². The fourth-order valence-electron chi connectivity index (χ4n) is 2.93. The normalized spacial score (nSPS) is 10.9. The first-order valence-electron chi connectivity index (χ1n) is 9.34. The Labute approximate surface area is 173 Å². The standard InChI is InChI=1S/C22H21N3O5/c1-3-29-20-11-9-16-6-4-5-7-17(16)18(20)13-23-24-22(26)14-30-21-10-8-15(2)12-19(21)25(27)28/h4-13H,3,14H2,1-2H3,(H,24,26). The van der Waals surface area contributed by atoms with Crippen LogP contribution in [0.1, 0.15) is 18.1 Å². The predicted molar refractivity (Wildman–Crippen MR) is 114 cm³/mol. The highest BCUT2D eigenvalue weighted by Gasteiger charge is 2.16. The van der Waals surface area contributed by atoms with E-state index in [-0.39, 0.29) is 11.4 Å². The van der Waals surface area contributed by atoms with E-state index >= 15 is 0 Å². The molecule has 0 aliphatic rings. The first-order chi connectivity index (χ1) is 14.5. The maximum Gasteiger partial charge on any atom is 0.311 e. The summed E-state index contributed by atoms with van der Waals surface area (Å²) in [5.74, 6) is 0.137. The Balaban J connectivity index is 1.70. The number of hydrazone groups is 1. The van der Waals surface area contributed by atoms with Gasteiger partial charge in [-0.05, 0) is 42.3 Å². The number of hydrogen-bond acceptors (Lipinski definition) is 6. The lowest BCUT2D eigenvalue weighted by atomic mass is 10.0. The lowest BCUT2D eigenvalue weighted by Crippen LogP contribution is -2.24. The van der Waals surface area contributed by atoms with Crippen molar-refractivity contribution in [1.29, 1.82) is 0 Å². The SMILES string of the molecule is CCOc1ccc2ccccc2c1C=NNC(=O)COc1ccc(C)cc1[N+](=O)[O-]. The molecule has 3 aromatic carbocycles. The summed E-state index contributed by atoms with van der Waals surface area (Å²) in [5.41, 5.74) is 3.65. The molecule has 0 unspecified atom stereocenters. The number of aryl methyl sites for hydroxylation is 1. The third-order valence-corrected chi connectivity index (χ3v) is 4.28. The number of nitro groups is 1. The Morgan fingerprint density at radius 1 is 1.13 bits per heavy atom. The molecule has 0 heterocycles. The van der Waals surface area contributed by atoms with Crippen LogP contribution in [0, 0.1) is 17.0 Å². The molecule has 154 valence electrons. The summed E-state index contributed by atoms with van der Waals surface area (Å²) in [6.45, 7) is 3.71. The number of nitrogens with zero attached hydrogens (tertiary/aromatic N) is 2. The van der Waals surface area contributed by atoms with Crippen LogP contribution in [0.2, 0.25) is 0 Å². The van der Waals surface area contributed by atoms with Crippen molar-refractivity contribution in [2.75, 3.05) is 13.2 Å². The Bertz CT molecular complexity index is 1110. The molecule has 0 atom stereocenters. The topological polar surface area (TPSA) is 103 Å². The number of hydrogen-bond donors (Lipinski definition) is 1. The van der Waals surface area contributed by atoms with Crippen molar-refractivity contribution in [3.05, 3.63) is 75.8 Å². The second-order valence-electron chi connectivity index (χ2n) is 6.44. The molecule has 0 bridgehead atoms. The quantitative estimate of drug-likeness (QED) is 0.346. The molecule has 3 aromatic rings. The monoisotopic (exact) mass is 407 g/mol. The van der Waals surface area contributed by atoms with Crippen LogP contribution in [0.15, 0.2) is 59.7 Å². The van der Waals surface area contributed by atoms with E-state index in [9.17, 15) is 14.9 Å². The number of carbonyl (C=O) groups excluding carboxylic acids is 1. The van der Waals surface area contributed by atoms with Crippen LogP contribution in [-0.4, -0.2) is 30.3 Å². The maximum absolute atomic E-state index is 12.1. The molecule has 0 aliphatic heterocycles. The van der Waals surface area contributed by atoms with E-state index in [2.05, 4.69) is 10.5 Å². The summed E-state index contributed by atoms with van der Waals surface area (Å²) in [6, 6.07) is 16.1. The Kier molecular flexibility index (Phi) is 6.59. The number of benzene rings is 3. The van der Waals surface area contributed by atoms with Crippen LogP contribution in [0.3, 0.4) is 0 Å². The Morgan fingerprint density at radius 2 is 1.90 bits per heavy atom. The van der Waals surface area contributed by atoms with Gasteiger partial charge in [-0.15, -0.1) is 0 Å². The van der Waals surface area contributed by atoms with Crippen molar-refractivity contribution < 1.29 is 19.2 Å². The van der Waals surface area contributed by atoms with Gasteiger partial charge in [0.15, 0.2) is 12.4 Å². The van der Waals surface area contributed by atoms with Gasteiger partial charge in [0.1, 0.15) is 5.75 Å². The van der Waals surface area contributed by atoms with Gasteiger partial charge in [-0.1, -0.05) is 36.4 Å². The van der Waals surface area contributed by atoms with Crippen LogP contribution in [0.25, 0.3) is 10.8 Å². The molecule has 1 amide bonds. The third kappa shape index (κ3) is 4.91. The highest BCUT2D eigenvalue weighted by Crippen LogP contribution is 2.28. The lowest BCUT2D eigenvalue weighted by molar-refractivity contribution is -0.385. The molecule has 3 rings (SSSR count). The van der Waals surface area contributed by atoms with Crippen molar-refractivity contribution in [2.45, 2.75) is 13.8 Å². The van der Waals surface area contributed by atoms with Crippen LogP contribution >= 0.6 is 0 Å². The van der Waals surface area contributed by atoms with Gasteiger partial charge in [-0.25, -0.2) is 5.43 Å². The number of nitrogens with one attached hydrogen (secondary N) is 1. The molecule has 0 saturated carbocycles. The minimum absolute atomic E-state index is 0.0254. The van der Waals surface area contributed by atoms with E-state index < -0.39 is 17.4 Å². The number of rotatable bonds is 8. The van der Waals surface area contributed by atoms with Crippen molar-refractivity contribution in [3.63, 3.8) is 0 Å². The second kappa shape index (κ2) is 9.51.